The number of halogens is 2. The molecular weight excluding hydrogens is 405 g/mol. The number of nitrogens with zero attached hydrogens (tertiary/aromatic N) is 1. The van der Waals surface area contributed by atoms with E-state index in [1.54, 1.807) is 0 Å². The zero-order valence-corrected chi connectivity index (χ0v) is 19.6. The molecule has 2 fully saturated rings. The van der Waals surface area contributed by atoms with Gasteiger partial charge in [0.1, 0.15) is 0 Å². The second kappa shape index (κ2) is 13.5. The summed E-state index contributed by atoms with van der Waals surface area (Å²) in [5.41, 5.74) is 2.57. The molecule has 0 spiro atoms. The van der Waals surface area contributed by atoms with Gasteiger partial charge in [0.25, 0.3) is 0 Å². The number of piperidine rings is 2. The van der Waals surface area contributed by atoms with Crippen LogP contribution in [0.4, 0.5) is 0 Å². The van der Waals surface area contributed by atoms with Gasteiger partial charge in [0.2, 0.25) is 5.91 Å². The lowest BCUT2D eigenvalue weighted by atomic mass is 9.85. The van der Waals surface area contributed by atoms with Crippen molar-refractivity contribution < 1.29 is 4.79 Å². The molecule has 2 saturated heterocycles. The van der Waals surface area contributed by atoms with Crippen molar-refractivity contribution in [2.45, 2.75) is 59.0 Å². The summed E-state index contributed by atoms with van der Waals surface area (Å²) in [5.74, 6) is 2.14. The van der Waals surface area contributed by atoms with E-state index in [2.05, 4.69) is 53.6 Å². The zero-order valence-electron chi connectivity index (χ0n) is 18.0. The van der Waals surface area contributed by atoms with Crippen molar-refractivity contribution in [3.05, 3.63) is 35.4 Å². The van der Waals surface area contributed by atoms with Crippen LogP contribution in [0.3, 0.4) is 0 Å². The number of likely N-dealkylation sites (tertiary alicyclic amines) is 1. The number of hydrogen-bond acceptors (Lipinski definition) is 3. The van der Waals surface area contributed by atoms with E-state index >= 15 is 0 Å². The average Bonchev–Trinajstić information content (AvgIpc) is 2.69. The number of hydrogen-bond donors (Lipinski definition) is 2. The molecule has 1 aromatic carbocycles. The molecule has 2 unspecified atom stereocenters. The van der Waals surface area contributed by atoms with E-state index in [9.17, 15) is 4.79 Å². The summed E-state index contributed by atoms with van der Waals surface area (Å²) in [6.45, 7) is 10.8. The van der Waals surface area contributed by atoms with Crippen molar-refractivity contribution in [1.82, 2.24) is 15.5 Å². The van der Waals surface area contributed by atoms with Gasteiger partial charge in [-0.2, -0.15) is 0 Å². The van der Waals surface area contributed by atoms with Gasteiger partial charge in [0, 0.05) is 19.5 Å². The second-order valence-corrected chi connectivity index (χ2v) is 8.84. The summed E-state index contributed by atoms with van der Waals surface area (Å²) in [6, 6.07) is 8.71. The van der Waals surface area contributed by atoms with Gasteiger partial charge >= 0.3 is 0 Å². The smallest absolute Gasteiger partial charge is 0.220 e. The van der Waals surface area contributed by atoms with Gasteiger partial charge in [0.15, 0.2) is 0 Å². The van der Waals surface area contributed by atoms with Crippen LogP contribution in [0.25, 0.3) is 0 Å². The molecule has 3 rings (SSSR count). The fourth-order valence-corrected chi connectivity index (χ4v) is 4.41. The highest BCUT2D eigenvalue weighted by Gasteiger charge is 2.22. The number of carbonyl (C=O) groups is 1. The fraction of sp³-hybridized carbons (Fsp3) is 0.696. The molecule has 1 aromatic rings. The number of benzene rings is 1. The molecule has 0 aliphatic carbocycles. The predicted molar refractivity (Wildman–Crippen MR) is 126 cm³/mol. The molecule has 0 saturated carbocycles. The maximum absolute atomic E-state index is 12.4. The Hall–Kier alpha value is -0.810. The third-order valence-electron chi connectivity index (χ3n) is 6.41. The van der Waals surface area contributed by atoms with Crippen LogP contribution in [0.5, 0.6) is 0 Å². The topological polar surface area (TPSA) is 44.4 Å². The monoisotopic (exact) mass is 443 g/mol. The molecule has 6 heteroatoms. The van der Waals surface area contributed by atoms with Crippen LogP contribution < -0.4 is 10.6 Å². The van der Waals surface area contributed by atoms with Gasteiger partial charge in [-0.3, -0.25) is 9.69 Å². The van der Waals surface area contributed by atoms with Crippen LogP contribution in [-0.4, -0.2) is 37.0 Å². The largest absolute Gasteiger partial charge is 0.352 e. The molecule has 4 nitrogen and oxygen atoms in total. The average molecular weight is 444 g/mol. The van der Waals surface area contributed by atoms with Crippen LogP contribution in [-0.2, 0) is 17.9 Å². The van der Waals surface area contributed by atoms with E-state index in [0.29, 0.717) is 24.8 Å². The highest BCUT2D eigenvalue weighted by Crippen LogP contribution is 2.22. The Morgan fingerprint density at radius 3 is 2.62 bits per heavy atom. The molecule has 2 atom stereocenters. The molecule has 2 aliphatic heterocycles. The van der Waals surface area contributed by atoms with E-state index < -0.39 is 0 Å². The standard InChI is InChI=1S/C23H37N3O.2ClH/c1-18-8-11-26(12-9-18)17-21-6-3-5-20(14-21)15-25-23(27)13-19(2)22-7-4-10-24-16-22;;/h3,5-6,14,18-19,22,24H,4,7-13,15-17H2,1-2H3,(H,25,27);2*1H. The van der Waals surface area contributed by atoms with Crippen molar-refractivity contribution in [3.63, 3.8) is 0 Å². The van der Waals surface area contributed by atoms with Crippen LogP contribution >= 0.6 is 24.8 Å². The van der Waals surface area contributed by atoms with Crippen molar-refractivity contribution in [2.24, 2.45) is 17.8 Å². The van der Waals surface area contributed by atoms with Crippen LogP contribution in [0.1, 0.15) is 57.1 Å². The van der Waals surface area contributed by atoms with Crippen molar-refractivity contribution in [2.75, 3.05) is 26.2 Å². The lowest BCUT2D eigenvalue weighted by Crippen LogP contribution is -2.35. The molecule has 1 amide bonds. The minimum Gasteiger partial charge on any atom is -0.352 e. The first-order valence-electron chi connectivity index (χ1n) is 10.9. The Balaban J connectivity index is 0.00000210. The minimum absolute atomic E-state index is 0. The molecule has 0 radical (unpaired) electrons. The highest BCUT2D eigenvalue weighted by molar-refractivity contribution is 5.85. The van der Waals surface area contributed by atoms with Crippen molar-refractivity contribution >= 4 is 30.7 Å². The first-order valence-corrected chi connectivity index (χ1v) is 10.9. The number of nitrogens with one attached hydrogen (secondary N) is 2. The number of amides is 1. The van der Waals surface area contributed by atoms with Gasteiger partial charge in [-0.25, -0.2) is 0 Å². The summed E-state index contributed by atoms with van der Waals surface area (Å²) in [6.07, 6.45) is 5.74. The van der Waals surface area contributed by atoms with Gasteiger partial charge < -0.3 is 10.6 Å². The van der Waals surface area contributed by atoms with Crippen molar-refractivity contribution in [3.8, 4) is 0 Å². The Bertz CT molecular complexity index is 600. The summed E-state index contributed by atoms with van der Waals surface area (Å²) in [4.78, 5) is 14.9. The lowest BCUT2D eigenvalue weighted by Gasteiger charge is -2.30. The first kappa shape index (κ1) is 26.2. The molecule has 2 aliphatic rings. The first-order chi connectivity index (χ1) is 13.1. The van der Waals surface area contributed by atoms with Crippen LogP contribution in [0.2, 0.25) is 0 Å². The maximum atomic E-state index is 12.4. The van der Waals surface area contributed by atoms with Gasteiger partial charge in [0.05, 0.1) is 0 Å². The fourth-order valence-electron chi connectivity index (χ4n) is 4.41. The summed E-state index contributed by atoms with van der Waals surface area (Å²) >= 11 is 0. The molecule has 2 heterocycles. The third kappa shape index (κ3) is 8.84. The van der Waals surface area contributed by atoms with E-state index in [-0.39, 0.29) is 30.7 Å². The van der Waals surface area contributed by atoms with Gasteiger partial charge in [-0.1, -0.05) is 38.1 Å². The predicted octanol–water partition coefficient (Wildman–Crippen LogP) is 4.40. The maximum Gasteiger partial charge on any atom is 0.220 e. The third-order valence-corrected chi connectivity index (χ3v) is 6.41. The molecule has 0 bridgehead atoms. The SMILES string of the molecule is CC1CCN(Cc2cccc(CNC(=O)CC(C)C3CCCNC3)c2)CC1.Cl.Cl. The van der Waals surface area contributed by atoms with E-state index in [4.69, 9.17) is 0 Å². The quantitative estimate of drug-likeness (QED) is 0.655. The number of carbonyl (C=O) groups excluding carboxylic acids is 1. The number of rotatable bonds is 7. The molecular formula is C23H39Cl2N3O. The Labute approximate surface area is 189 Å². The van der Waals surface area contributed by atoms with E-state index in [0.717, 1.165) is 25.6 Å². The Kier molecular flexibility index (Phi) is 12.2. The van der Waals surface area contributed by atoms with E-state index in [1.165, 1.54) is 49.9 Å². The molecule has 0 aromatic heterocycles. The van der Waals surface area contributed by atoms with E-state index in [1.807, 2.05) is 0 Å². The van der Waals surface area contributed by atoms with Crippen LogP contribution in [0, 0.1) is 17.8 Å². The normalized spacial score (nSPS) is 21.5. The molecule has 29 heavy (non-hydrogen) atoms. The van der Waals surface area contributed by atoms with Gasteiger partial charge in [-0.15, -0.1) is 24.8 Å². The molecule has 166 valence electrons. The lowest BCUT2D eigenvalue weighted by molar-refractivity contribution is -0.122. The summed E-state index contributed by atoms with van der Waals surface area (Å²) < 4.78 is 0. The van der Waals surface area contributed by atoms with Crippen LogP contribution in [0.15, 0.2) is 24.3 Å². The van der Waals surface area contributed by atoms with Gasteiger partial charge in [-0.05, 0) is 80.7 Å². The molecule has 2 N–H and O–H groups in total. The second-order valence-electron chi connectivity index (χ2n) is 8.84. The Morgan fingerprint density at radius 2 is 1.93 bits per heavy atom. The minimum atomic E-state index is 0. The van der Waals surface area contributed by atoms with Crippen molar-refractivity contribution in [1.29, 1.82) is 0 Å². The summed E-state index contributed by atoms with van der Waals surface area (Å²) in [7, 11) is 0. The highest BCUT2D eigenvalue weighted by atomic mass is 35.5. The Morgan fingerprint density at radius 1 is 1.21 bits per heavy atom. The zero-order chi connectivity index (χ0) is 19.1. The summed E-state index contributed by atoms with van der Waals surface area (Å²) in [5, 5.41) is 6.59.